The van der Waals surface area contributed by atoms with Crippen molar-refractivity contribution in [3.8, 4) is 0 Å². The van der Waals surface area contributed by atoms with Crippen LogP contribution >= 0.6 is 27.3 Å². The number of ether oxygens (including phenoxy) is 1. The molecule has 0 aliphatic heterocycles. The second-order valence-corrected chi connectivity index (χ2v) is 6.08. The van der Waals surface area contributed by atoms with Crippen molar-refractivity contribution in [2.75, 3.05) is 7.11 Å². The minimum absolute atomic E-state index is 0.320. The molecule has 0 unspecified atom stereocenters. The van der Waals surface area contributed by atoms with E-state index in [4.69, 9.17) is 4.74 Å². The summed E-state index contributed by atoms with van der Waals surface area (Å²) in [5.41, 5.74) is 4.32. The van der Waals surface area contributed by atoms with Gasteiger partial charge in [0.15, 0.2) is 0 Å². The minimum Gasteiger partial charge on any atom is -0.465 e. The number of hydrogen-bond acceptors (Lipinski definition) is 4. The second-order valence-electron chi connectivity index (χ2n) is 4.48. The molecule has 2 aromatic rings. The lowest BCUT2D eigenvalue weighted by Gasteiger charge is -2.08. The number of carbonyl (C=O) groups is 1. The Kier molecular flexibility index (Phi) is 5.34. The van der Waals surface area contributed by atoms with Crippen molar-refractivity contribution in [2.24, 2.45) is 0 Å². The lowest BCUT2D eigenvalue weighted by molar-refractivity contribution is 0.0600. The first-order chi connectivity index (χ1) is 9.61. The standard InChI is InChI=1S/C15H16BrNO2S/c1-10-8-20-9-13(10)7-17-6-12-4-3-11(5-14(12)16)15(18)19-2/h3-5,8-9,17H,6-7H2,1-2H3. The van der Waals surface area contributed by atoms with Crippen LogP contribution in [-0.2, 0) is 17.8 Å². The monoisotopic (exact) mass is 353 g/mol. The number of benzene rings is 1. The van der Waals surface area contributed by atoms with Crippen LogP contribution in [0, 0.1) is 6.92 Å². The van der Waals surface area contributed by atoms with E-state index in [1.54, 1.807) is 23.5 Å². The summed E-state index contributed by atoms with van der Waals surface area (Å²) >= 11 is 5.21. The van der Waals surface area contributed by atoms with Gasteiger partial charge in [-0.1, -0.05) is 22.0 Å². The molecule has 0 saturated heterocycles. The Morgan fingerprint density at radius 3 is 2.65 bits per heavy atom. The number of aryl methyl sites for hydroxylation is 1. The third-order valence-corrected chi connectivity index (χ3v) is 4.72. The van der Waals surface area contributed by atoms with Crippen molar-refractivity contribution in [3.63, 3.8) is 0 Å². The number of esters is 1. The van der Waals surface area contributed by atoms with Crippen LogP contribution in [0.25, 0.3) is 0 Å². The summed E-state index contributed by atoms with van der Waals surface area (Å²) in [5.74, 6) is -0.320. The SMILES string of the molecule is COC(=O)c1ccc(CNCc2cscc2C)c(Br)c1. The van der Waals surface area contributed by atoms with Crippen LogP contribution in [0.5, 0.6) is 0 Å². The maximum atomic E-state index is 11.4. The van der Waals surface area contributed by atoms with E-state index in [2.05, 4.69) is 38.9 Å². The zero-order valence-electron chi connectivity index (χ0n) is 11.4. The Balaban J connectivity index is 1.96. The molecule has 1 N–H and O–H groups in total. The highest BCUT2D eigenvalue weighted by Gasteiger charge is 2.08. The Hall–Kier alpha value is -1.17. The number of halogens is 1. The molecule has 106 valence electrons. The second kappa shape index (κ2) is 7.02. The molecule has 3 nitrogen and oxygen atoms in total. The quantitative estimate of drug-likeness (QED) is 0.828. The lowest BCUT2D eigenvalue weighted by atomic mass is 10.1. The molecule has 1 heterocycles. The van der Waals surface area contributed by atoms with Gasteiger partial charge >= 0.3 is 5.97 Å². The Morgan fingerprint density at radius 2 is 2.05 bits per heavy atom. The summed E-state index contributed by atoms with van der Waals surface area (Å²) in [7, 11) is 1.38. The predicted molar refractivity (Wildman–Crippen MR) is 85.1 cm³/mol. The van der Waals surface area contributed by atoms with E-state index in [9.17, 15) is 4.79 Å². The highest BCUT2D eigenvalue weighted by molar-refractivity contribution is 9.10. The third kappa shape index (κ3) is 3.69. The van der Waals surface area contributed by atoms with E-state index in [-0.39, 0.29) is 5.97 Å². The van der Waals surface area contributed by atoms with Gasteiger partial charge in [-0.3, -0.25) is 0 Å². The third-order valence-electron chi connectivity index (χ3n) is 3.07. The Morgan fingerprint density at radius 1 is 1.30 bits per heavy atom. The molecular weight excluding hydrogens is 338 g/mol. The van der Waals surface area contributed by atoms with Crippen LogP contribution in [0.4, 0.5) is 0 Å². The molecule has 0 bridgehead atoms. The molecule has 0 spiro atoms. The first kappa shape index (κ1) is 15.2. The molecule has 2 rings (SSSR count). The minimum atomic E-state index is -0.320. The molecule has 0 aliphatic rings. The maximum absolute atomic E-state index is 11.4. The predicted octanol–water partition coefficient (Wildman–Crippen LogP) is 3.90. The molecule has 0 amide bonds. The van der Waals surface area contributed by atoms with Gasteiger partial charge in [-0.2, -0.15) is 11.3 Å². The first-order valence-corrected chi connectivity index (χ1v) is 7.94. The van der Waals surface area contributed by atoms with Crippen molar-refractivity contribution in [3.05, 3.63) is 55.7 Å². The van der Waals surface area contributed by atoms with Crippen molar-refractivity contribution in [2.45, 2.75) is 20.0 Å². The lowest BCUT2D eigenvalue weighted by Crippen LogP contribution is -2.13. The number of rotatable bonds is 5. The summed E-state index contributed by atoms with van der Waals surface area (Å²) in [6.45, 7) is 3.71. The number of hydrogen-bond donors (Lipinski definition) is 1. The van der Waals surface area contributed by atoms with Crippen LogP contribution in [0.15, 0.2) is 33.4 Å². The van der Waals surface area contributed by atoms with Crippen LogP contribution in [-0.4, -0.2) is 13.1 Å². The average molecular weight is 354 g/mol. The van der Waals surface area contributed by atoms with Gasteiger partial charge in [0.25, 0.3) is 0 Å². The van der Waals surface area contributed by atoms with Crippen molar-refractivity contribution in [1.82, 2.24) is 5.32 Å². The number of carbonyl (C=O) groups excluding carboxylic acids is 1. The van der Waals surface area contributed by atoms with Gasteiger partial charge in [0.1, 0.15) is 0 Å². The first-order valence-electron chi connectivity index (χ1n) is 6.21. The molecule has 0 atom stereocenters. The van der Waals surface area contributed by atoms with E-state index in [0.717, 1.165) is 23.1 Å². The molecule has 0 saturated carbocycles. The molecule has 1 aromatic carbocycles. The van der Waals surface area contributed by atoms with Gasteiger partial charge in [-0.15, -0.1) is 0 Å². The van der Waals surface area contributed by atoms with Crippen molar-refractivity contribution < 1.29 is 9.53 Å². The van der Waals surface area contributed by atoms with E-state index in [0.29, 0.717) is 5.56 Å². The fourth-order valence-electron chi connectivity index (χ4n) is 1.84. The zero-order chi connectivity index (χ0) is 14.5. The fraction of sp³-hybridized carbons (Fsp3) is 0.267. The smallest absolute Gasteiger partial charge is 0.337 e. The number of methoxy groups -OCH3 is 1. The molecular formula is C15H16BrNO2S. The van der Waals surface area contributed by atoms with E-state index >= 15 is 0 Å². The number of thiophene rings is 1. The van der Waals surface area contributed by atoms with E-state index < -0.39 is 0 Å². The summed E-state index contributed by atoms with van der Waals surface area (Å²) in [5, 5.41) is 7.72. The largest absolute Gasteiger partial charge is 0.465 e. The normalized spacial score (nSPS) is 10.6. The highest BCUT2D eigenvalue weighted by Crippen LogP contribution is 2.20. The molecule has 0 aliphatic carbocycles. The van der Waals surface area contributed by atoms with Gasteiger partial charge < -0.3 is 10.1 Å². The van der Waals surface area contributed by atoms with Gasteiger partial charge in [0, 0.05) is 17.6 Å². The highest BCUT2D eigenvalue weighted by atomic mass is 79.9. The molecule has 0 radical (unpaired) electrons. The molecule has 0 fully saturated rings. The molecule has 5 heteroatoms. The van der Waals surface area contributed by atoms with Crippen LogP contribution < -0.4 is 5.32 Å². The maximum Gasteiger partial charge on any atom is 0.337 e. The summed E-state index contributed by atoms with van der Waals surface area (Å²) < 4.78 is 5.61. The summed E-state index contributed by atoms with van der Waals surface area (Å²) in [6, 6.07) is 5.51. The van der Waals surface area contributed by atoms with Gasteiger partial charge in [0.2, 0.25) is 0 Å². The van der Waals surface area contributed by atoms with E-state index in [1.807, 2.05) is 6.07 Å². The van der Waals surface area contributed by atoms with Gasteiger partial charge in [0.05, 0.1) is 12.7 Å². The number of nitrogens with one attached hydrogen (secondary N) is 1. The van der Waals surface area contributed by atoms with Crippen molar-refractivity contribution >= 4 is 33.2 Å². The van der Waals surface area contributed by atoms with Crippen molar-refractivity contribution in [1.29, 1.82) is 0 Å². The van der Waals surface area contributed by atoms with Crippen LogP contribution in [0.1, 0.15) is 27.0 Å². The Bertz CT molecular complexity index is 610. The zero-order valence-corrected chi connectivity index (χ0v) is 13.8. The van der Waals surface area contributed by atoms with Gasteiger partial charge in [-0.05, 0) is 46.5 Å². The Labute approximate surface area is 131 Å². The van der Waals surface area contributed by atoms with E-state index in [1.165, 1.54) is 18.2 Å². The topological polar surface area (TPSA) is 38.3 Å². The van der Waals surface area contributed by atoms with Crippen LogP contribution in [0.3, 0.4) is 0 Å². The molecule has 20 heavy (non-hydrogen) atoms. The molecule has 1 aromatic heterocycles. The van der Waals surface area contributed by atoms with Crippen LogP contribution in [0.2, 0.25) is 0 Å². The fourth-order valence-corrected chi connectivity index (χ4v) is 3.21. The average Bonchev–Trinajstić information content (AvgIpc) is 2.85. The summed E-state index contributed by atoms with van der Waals surface area (Å²) in [4.78, 5) is 11.4. The summed E-state index contributed by atoms with van der Waals surface area (Å²) in [6.07, 6.45) is 0. The van der Waals surface area contributed by atoms with Gasteiger partial charge in [-0.25, -0.2) is 4.79 Å².